The lowest BCUT2D eigenvalue weighted by atomic mass is 10.0. The van der Waals surface area contributed by atoms with Crippen LogP contribution in [0.2, 0.25) is 0 Å². The molecule has 0 saturated heterocycles. The summed E-state index contributed by atoms with van der Waals surface area (Å²) in [4.78, 5) is 24.5. The summed E-state index contributed by atoms with van der Waals surface area (Å²) in [5.74, 6) is -0.128. The Morgan fingerprint density at radius 1 is 0.429 bits per heavy atom. The highest BCUT2D eigenvalue weighted by Crippen LogP contribution is 2.17. The van der Waals surface area contributed by atoms with Gasteiger partial charge in [0, 0.05) is 12.8 Å². The van der Waals surface area contributed by atoms with Crippen LogP contribution in [0.15, 0.2) is 24.3 Å². The van der Waals surface area contributed by atoms with Crippen molar-refractivity contribution in [3.05, 3.63) is 24.3 Å². The van der Waals surface area contributed by atoms with Gasteiger partial charge in [-0.15, -0.1) is 0 Å². The van der Waals surface area contributed by atoms with Gasteiger partial charge in [0.1, 0.15) is 0 Å². The molecule has 0 aromatic heterocycles. The van der Waals surface area contributed by atoms with Gasteiger partial charge < -0.3 is 20.3 Å². The lowest BCUT2D eigenvalue weighted by Gasteiger charge is -2.20. The number of hydrogen-bond acceptors (Lipinski definition) is 5. The van der Waals surface area contributed by atoms with E-state index in [1.54, 1.807) is 6.08 Å². The first-order valence-corrected chi connectivity index (χ1v) is 28.1. The average molecular weight is 889 g/mol. The Bertz CT molecular complexity index is 982. The predicted molar refractivity (Wildman–Crippen MR) is 273 cm³/mol. The summed E-state index contributed by atoms with van der Waals surface area (Å²) in [5.41, 5.74) is 0. The molecule has 2 atom stereocenters. The monoisotopic (exact) mass is 888 g/mol. The van der Waals surface area contributed by atoms with Gasteiger partial charge in [0.2, 0.25) is 5.91 Å². The second kappa shape index (κ2) is 53.0. The number of aliphatic hydroxyl groups excluding tert-OH is 2. The lowest BCUT2D eigenvalue weighted by Crippen LogP contribution is -2.45. The van der Waals surface area contributed by atoms with Gasteiger partial charge in [-0.05, 0) is 57.8 Å². The number of carbonyl (C=O) groups excluding carboxylic acids is 2. The highest BCUT2D eigenvalue weighted by atomic mass is 16.5. The molecule has 0 aliphatic heterocycles. The van der Waals surface area contributed by atoms with E-state index < -0.39 is 12.1 Å². The maximum absolute atomic E-state index is 12.5. The number of unbranched alkanes of at least 4 members (excludes halogenated alkanes) is 39. The molecule has 0 aliphatic rings. The third-order valence-electron chi connectivity index (χ3n) is 13.0. The summed E-state index contributed by atoms with van der Waals surface area (Å²) in [7, 11) is 0. The van der Waals surface area contributed by atoms with E-state index in [0.717, 1.165) is 57.8 Å². The maximum Gasteiger partial charge on any atom is 0.305 e. The minimum absolute atomic E-state index is 0.0346. The number of rotatable bonds is 52. The summed E-state index contributed by atoms with van der Waals surface area (Å²) in [6, 6.07) is -0.649. The molecule has 0 bridgehead atoms. The van der Waals surface area contributed by atoms with Crippen molar-refractivity contribution in [2.24, 2.45) is 0 Å². The number of ether oxygens (including phenoxy) is 1. The van der Waals surface area contributed by atoms with Crippen molar-refractivity contribution < 1.29 is 24.5 Å². The van der Waals surface area contributed by atoms with E-state index in [-0.39, 0.29) is 18.5 Å². The molecular weight excluding hydrogens is 779 g/mol. The highest BCUT2D eigenvalue weighted by Gasteiger charge is 2.18. The number of nitrogens with one attached hydrogen (secondary N) is 1. The van der Waals surface area contributed by atoms with E-state index in [0.29, 0.717) is 19.4 Å². The molecule has 3 N–H and O–H groups in total. The van der Waals surface area contributed by atoms with Crippen molar-refractivity contribution in [2.45, 2.75) is 315 Å². The van der Waals surface area contributed by atoms with E-state index >= 15 is 0 Å². The number of amides is 1. The van der Waals surface area contributed by atoms with Crippen LogP contribution in [0.1, 0.15) is 303 Å². The Hall–Kier alpha value is -1.66. The standard InChI is InChI=1S/C57H109NO5/c1-3-5-7-9-11-13-15-17-19-20-21-22-23-24-25-27-28-30-33-37-41-45-49-55(60)54(53-59)58-56(61)50-46-42-38-34-32-36-40-44-48-52-63-57(62)51-47-43-39-35-31-29-26-18-16-14-12-10-8-6-4-2/h18,26,45,49,54-55,59-60H,3-17,19-25,27-44,46-48,50-53H2,1-2H3,(H,58,61)/b26-18-,49-45+. The average Bonchev–Trinajstić information content (AvgIpc) is 3.28. The van der Waals surface area contributed by atoms with Crippen LogP contribution in [0, 0.1) is 0 Å². The smallest absolute Gasteiger partial charge is 0.305 e. The third kappa shape index (κ3) is 49.6. The second-order valence-corrected chi connectivity index (χ2v) is 19.3. The van der Waals surface area contributed by atoms with Crippen molar-refractivity contribution in [3.63, 3.8) is 0 Å². The Balaban J connectivity index is 3.52. The van der Waals surface area contributed by atoms with Gasteiger partial charge in [-0.1, -0.05) is 256 Å². The first-order chi connectivity index (χ1) is 31.0. The van der Waals surface area contributed by atoms with Crippen molar-refractivity contribution in [2.75, 3.05) is 13.2 Å². The van der Waals surface area contributed by atoms with Gasteiger partial charge in [-0.2, -0.15) is 0 Å². The molecule has 0 fully saturated rings. The molecule has 0 aromatic carbocycles. The largest absolute Gasteiger partial charge is 0.466 e. The topological polar surface area (TPSA) is 95.9 Å². The van der Waals surface area contributed by atoms with Crippen molar-refractivity contribution in [1.29, 1.82) is 0 Å². The first-order valence-electron chi connectivity index (χ1n) is 28.1. The van der Waals surface area contributed by atoms with Crippen LogP contribution >= 0.6 is 0 Å². The summed E-state index contributed by atoms with van der Waals surface area (Å²) < 4.78 is 5.45. The van der Waals surface area contributed by atoms with E-state index in [9.17, 15) is 19.8 Å². The second-order valence-electron chi connectivity index (χ2n) is 19.3. The van der Waals surface area contributed by atoms with Crippen molar-refractivity contribution in [3.8, 4) is 0 Å². The van der Waals surface area contributed by atoms with Crippen LogP contribution < -0.4 is 5.32 Å². The Morgan fingerprint density at radius 2 is 0.746 bits per heavy atom. The normalized spacial score (nSPS) is 12.8. The fourth-order valence-corrected chi connectivity index (χ4v) is 8.63. The summed E-state index contributed by atoms with van der Waals surface area (Å²) >= 11 is 0. The first kappa shape index (κ1) is 61.3. The summed E-state index contributed by atoms with van der Waals surface area (Å²) in [6.45, 7) is 4.84. The number of hydrogen-bond donors (Lipinski definition) is 3. The van der Waals surface area contributed by atoms with Crippen LogP contribution in [0.5, 0.6) is 0 Å². The number of carbonyl (C=O) groups is 2. The lowest BCUT2D eigenvalue weighted by molar-refractivity contribution is -0.143. The molecule has 6 nitrogen and oxygen atoms in total. The van der Waals surface area contributed by atoms with Crippen LogP contribution in [0.25, 0.3) is 0 Å². The number of aliphatic hydroxyl groups is 2. The Labute approximate surface area is 392 Å². The van der Waals surface area contributed by atoms with Gasteiger partial charge in [-0.25, -0.2) is 0 Å². The molecular formula is C57H109NO5. The van der Waals surface area contributed by atoms with E-state index in [1.165, 1.54) is 218 Å². The molecule has 0 radical (unpaired) electrons. The van der Waals surface area contributed by atoms with Crippen LogP contribution in [0.4, 0.5) is 0 Å². The third-order valence-corrected chi connectivity index (χ3v) is 13.0. The molecule has 0 saturated carbocycles. The molecule has 372 valence electrons. The van der Waals surface area contributed by atoms with E-state index in [1.807, 2.05) is 6.08 Å². The zero-order valence-electron chi connectivity index (χ0n) is 42.3. The zero-order chi connectivity index (χ0) is 45.8. The minimum atomic E-state index is -0.863. The molecule has 0 aromatic rings. The molecule has 0 heterocycles. The van der Waals surface area contributed by atoms with Gasteiger partial charge in [0.25, 0.3) is 0 Å². The minimum Gasteiger partial charge on any atom is -0.466 e. The number of esters is 1. The van der Waals surface area contributed by atoms with E-state index in [2.05, 4.69) is 31.3 Å². The van der Waals surface area contributed by atoms with Gasteiger partial charge in [0.15, 0.2) is 0 Å². The molecule has 0 aliphatic carbocycles. The highest BCUT2D eigenvalue weighted by molar-refractivity contribution is 5.76. The molecule has 6 heteroatoms. The fourth-order valence-electron chi connectivity index (χ4n) is 8.63. The van der Waals surface area contributed by atoms with Crippen LogP contribution in [-0.2, 0) is 14.3 Å². The van der Waals surface area contributed by atoms with Crippen molar-refractivity contribution >= 4 is 11.9 Å². The van der Waals surface area contributed by atoms with Gasteiger partial charge in [0.05, 0.1) is 25.4 Å². The van der Waals surface area contributed by atoms with E-state index in [4.69, 9.17) is 4.74 Å². The maximum atomic E-state index is 12.5. The summed E-state index contributed by atoms with van der Waals surface area (Å²) in [5, 5.41) is 23.1. The fraction of sp³-hybridized carbons (Fsp3) is 0.895. The zero-order valence-corrected chi connectivity index (χ0v) is 42.3. The summed E-state index contributed by atoms with van der Waals surface area (Å²) in [6.07, 6.45) is 63.3. The molecule has 63 heavy (non-hydrogen) atoms. The Morgan fingerprint density at radius 3 is 1.13 bits per heavy atom. The Kier molecular flexibility index (Phi) is 51.6. The molecule has 0 rings (SSSR count). The SMILES string of the molecule is CCCCCCCC/C=C\CCCCCCCC(=O)OCCCCCCCCCCCC(=O)NC(CO)C(O)/C=C/CCCCCCCCCCCCCCCCCCCCCC. The quantitative estimate of drug-likeness (QED) is 0.0321. The van der Waals surface area contributed by atoms with Crippen LogP contribution in [0.3, 0.4) is 0 Å². The van der Waals surface area contributed by atoms with Gasteiger partial charge >= 0.3 is 5.97 Å². The molecule has 0 spiro atoms. The van der Waals surface area contributed by atoms with Gasteiger partial charge in [-0.3, -0.25) is 9.59 Å². The molecule has 2 unspecified atom stereocenters. The van der Waals surface area contributed by atoms with Crippen molar-refractivity contribution in [1.82, 2.24) is 5.32 Å². The van der Waals surface area contributed by atoms with Crippen LogP contribution in [-0.4, -0.2) is 47.4 Å². The molecule has 1 amide bonds. The number of allylic oxidation sites excluding steroid dienone is 3. The predicted octanol–water partition coefficient (Wildman–Crippen LogP) is 17.1.